The molecule has 0 saturated carbocycles. The van der Waals surface area contributed by atoms with Crippen molar-refractivity contribution < 1.29 is 0 Å². The highest BCUT2D eigenvalue weighted by Gasteiger charge is 2.34. The zero-order valence-electron chi connectivity index (χ0n) is 17.4. The molecule has 0 spiro atoms. The minimum Gasteiger partial charge on any atom is -0.357 e. The molecule has 3 heterocycles. The predicted molar refractivity (Wildman–Crippen MR) is 119 cm³/mol. The van der Waals surface area contributed by atoms with Gasteiger partial charge >= 0.3 is 0 Å². The minimum atomic E-state index is -0.217. The maximum Gasteiger partial charge on any atom is 0.173 e. The van der Waals surface area contributed by atoms with Crippen LogP contribution in [0.5, 0.6) is 0 Å². The lowest BCUT2D eigenvalue weighted by molar-refractivity contribution is 0.184. The first-order valence-corrected chi connectivity index (χ1v) is 10.7. The minimum absolute atomic E-state index is 0.0592. The summed E-state index contributed by atoms with van der Waals surface area (Å²) in [5.74, 6) is 0.851. The van der Waals surface area contributed by atoms with Crippen molar-refractivity contribution in [1.29, 1.82) is 0 Å². The molecule has 1 N–H and O–H groups in total. The van der Waals surface area contributed by atoms with Gasteiger partial charge in [0.1, 0.15) is 0 Å². The molecule has 6 nitrogen and oxygen atoms in total. The molecule has 30 heavy (non-hydrogen) atoms. The fourth-order valence-electron chi connectivity index (χ4n) is 4.44. The number of benzene rings is 2. The molecule has 4 aromatic rings. The Labute approximate surface area is 180 Å². The maximum absolute atomic E-state index is 6.18. The summed E-state index contributed by atoms with van der Waals surface area (Å²) in [5, 5.41) is 14.9. The Kier molecular flexibility index (Phi) is 4.64. The van der Waals surface area contributed by atoms with Crippen LogP contribution in [-0.2, 0) is 18.5 Å². The quantitative estimate of drug-likeness (QED) is 0.521. The average Bonchev–Trinajstić information content (AvgIpc) is 3.34. The van der Waals surface area contributed by atoms with E-state index in [-0.39, 0.29) is 11.6 Å². The number of aromatic amines is 1. The van der Waals surface area contributed by atoms with Crippen LogP contribution >= 0.6 is 11.6 Å². The van der Waals surface area contributed by atoms with E-state index in [1.807, 2.05) is 16.8 Å². The summed E-state index contributed by atoms with van der Waals surface area (Å²) in [7, 11) is 0. The molecule has 0 amide bonds. The molecule has 1 aliphatic rings. The van der Waals surface area contributed by atoms with Crippen molar-refractivity contribution >= 4 is 22.5 Å². The topological polar surface area (TPSA) is 62.6 Å². The first kappa shape index (κ1) is 19.3. The van der Waals surface area contributed by atoms with E-state index < -0.39 is 0 Å². The molecular formula is C23H25ClN6. The number of tetrazole rings is 1. The molecule has 2 aromatic heterocycles. The smallest absolute Gasteiger partial charge is 0.173 e. The van der Waals surface area contributed by atoms with Gasteiger partial charge in [0.2, 0.25) is 0 Å². The van der Waals surface area contributed by atoms with E-state index in [1.165, 1.54) is 22.2 Å². The molecular weight excluding hydrogens is 396 g/mol. The van der Waals surface area contributed by atoms with Crippen LogP contribution in [0.3, 0.4) is 0 Å². The van der Waals surface area contributed by atoms with E-state index in [2.05, 4.69) is 82.6 Å². The summed E-state index contributed by atoms with van der Waals surface area (Å²) in [5.41, 5.74) is 4.82. The number of aromatic nitrogens is 5. The Morgan fingerprint density at radius 1 is 1.07 bits per heavy atom. The van der Waals surface area contributed by atoms with Crippen molar-refractivity contribution in [2.45, 2.75) is 45.3 Å². The molecule has 0 saturated heterocycles. The van der Waals surface area contributed by atoms with Crippen molar-refractivity contribution in [2.75, 3.05) is 6.54 Å². The lowest BCUT2D eigenvalue weighted by Crippen LogP contribution is -2.38. The third-order valence-corrected chi connectivity index (χ3v) is 6.09. The second-order valence-corrected chi connectivity index (χ2v) is 9.36. The van der Waals surface area contributed by atoms with Gasteiger partial charge in [0.15, 0.2) is 5.82 Å². The van der Waals surface area contributed by atoms with Crippen LogP contribution in [0.2, 0.25) is 5.02 Å². The lowest BCUT2D eigenvalue weighted by atomic mass is 9.97. The van der Waals surface area contributed by atoms with Gasteiger partial charge in [-0.1, -0.05) is 41.9 Å². The van der Waals surface area contributed by atoms with Crippen LogP contribution < -0.4 is 0 Å². The van der Waals surface area contributed by atoms with Gasteiger partial charge < -0.3 is 4.98 Å². The molecule has 7 heteroatoms. The van der Waals surface area contributed by atoms with Crippen molar-refractivity contribution in [3.63, 3.8) is 0 Å². The van der Waals surface area contributed by atoms with Crippen LogP contribution in [0.25, 0.3) is 10.9 Å². The number of nitrogens with zero attached hydrogens (tertiary/aromatic N) is 5. The SMILES string of the molecule is CC(C)(C)n1nnnc1C(c1ccc(Cl)cc1)N1CCc2c([nH]c3ccccc23)C1. The molecule has 154 valence electrons. The first-order chi connectivity index (χ1) is 14.4. The highest BCUT2D eigenvalue weighted by Crippen LogP contribution is 2.35. The van der Waals surface area contributed by atoms with Crippen LogP contribution in [0.1, 0.15) is 49.5 Å². The molecule has 0 radical (unpaired) electrons. The molecule has 0 aliphatic carbocycles. The zero-order chi connectivity index (χ0) is 20.9. The number of rotatable bonds is 3. The lowest BCUT2D eigenvalue weighted by Gasteiger charge is -2.35. The third-order valence-electron chi connectivity index (χ3n) is 5.84. The largest absolute Gasteiger partial charge is 0.357 e. The van der Waals surface area contributed by atoms with Crippen LogP contribution in [0.15, 0.2) is 48.5 Å². The van der Waals surface area contributed by atoms with E-state index in [4.69, 9.17) is 11.6 Å². The Hall–Kier alpha value is -2.70. The van der Waals surface area contributed by atoms with Gasteiger partial charge in [0.25, 0.3) is 0 Å². The molecule has 0 fully saturated rings. The van der Waals surface area contributed by atoms with Gasteiger partial charge in [0, 0.05) is 34.7 Å². The molecule has 1 unspecified atom stereocenters. The average molecular weight is 421 g/mol. The molecule has 1 aliphatic heterocycles. The summed E-state index contributed by atoms with van der Waals surface area (Å²) < 4.78 is 1.94. The Morgan fingerprint density at radius 2 is 1.83 bits per heavy atom. The zero-order valence-corrected chi connectivity index (χ0v) is 18.2. The van der Waals surface area contributed by atoms with E-state index >= 15 is 0 Å². The number of halogens is 1. The second-order valence-electron chi connectivity index (χ2n) is 8.92. The van der Waals surface area contributed by atoms with Gasteiger partial charge in [-0.05, 0) is 66.9 Å². The normalized spacial score (nSPS) is 16.0. The maximum atomic E-state index is 6.18. The standard InChI is InChI=1S/C23H25ClN6/c1-23(2,3)30-22(26-27-28-30)21(15-8-10-16(24)11-9-15)29-13-12-18-17-6-4-5-7-19(17)25-20(18)14-29/h4-11,21,25H,12-14H2,1-3H3. The predicted octanol–water partition coefficient (Wildman–Crippen LogP) is 4.71. The fraction of sp³-hybridized carbons (Fsp3) is 0.348. The van der Waals surface area contributed by atoms with Crippen LogP contribution in [0, 0.1) is 0 Å². The first-order valence-electron chi connectivity index (χ1n) is 10.3. The van der Waals surface area contributed by atoms with E-state index in [1.54, 1.807) is 0 Å². The second kappa shape index (κ2) is 7.22. The monoisotopic (exact) mass is 420 g/mol. The number of hydrogen-bond donors (Lipinski definition) is 1. The van der Waals surface area contributed by atoms with E-state index in [0.717, 1.165) is 35.9 Å². The van der Waals surface area contributed by atoms with Gasteiger partial charge in [-0.2, -0.15) is 0 Å². The summed E-state index contributed by atoms with van der Waals surface area (Å²) in [4.78, 5) is 6.08. The fourth-order valence-corrected chi connectivity index (χ4v) is 4.57. The van der Waals surface area contributed by atoms with Gasteiger partial charge in [-0.25, -0.2) is 4.68 Å². The summed E-state index contributed by atoms with van der Waals surface area (Å²) in [6.07, 6.45) is 0.987. The van der Waals surface area contributed by atoms with E-state index in [0.29, 0.717) is 0 Å². The van der Waals surface area contributed by atoms with Crippen molar-refractivity contribution in [3.8, 4) is 0 Å². The molecule has 0 bridgehead atoms. The summed E-state index contributed by atoms with van der Waals surface area (Å²) in [6.45, 7) is 8.11. The van der Waals surface area contributed by atoms with E-state index in [9.17, 15) is 0 Å². The molecule has 5 rings (SSSR count). The number of para-hydroxylation sites is 1. The number of fused-ring (bicyclic) bond motifs is 3. The number of nitrogens with one attached hydrogen (secondary N) is 1. The Morgan fingerprint density at radius 3 is 2.60 bits per heavy atom. The Balaban J connectivity index is 1.59. The van der Waals surface area contributed by atoms with Crippen molar-refractivity contribution in [3.05, 3.63) is 76.2 Å². The van der Waals surface area contributed by atoms with Crippen LogP contribution in [0.4, 0.5) is 0 Å². The van der Waals surface area contributed by atoms with Gasteiger partial charge in [-0.3, -0.25) is 4.90 Å². The highest BCUT2D eigenvalue weighted by atomic mass is 35.5. The Bertz CT molecular complexity index is 1180. The van der Waals surface area contributed by atoms with Crippen molar-refractivity contribution in [1.82, 2.24) is 30.1 Å². The third kappa shape index (κ3) is 3.30. The number of hydrogen-bond acceptors (Lipinski definition) is 4. The molecule has 2 aromatic carbocycles. The summed E-state index contributed by atoms with van der Waals surface area (Å²) >= 11 is 6.18. The molecule has 1 atom stereocenters. The van der Waals surface area contributed by atoms with Gasteiger partial charge in [0.05, 0.1) is 11.6 Å². The highest BCUT2D eigenvalue weighted by molar-refractivity contribution is 6.30. The summed E-state index contributed by atoms with van der Waals surface area (Å²) in [6, 6.07) is 16.5. The number of H-pyrrole nitrogens is 1. The van der Waals surface area contributed by atoms with Crippen molar-refractivity contribution in [2.24, 2.45) is 0 Å². The van der Waals surface area contributed by atoms with Crippen LogP contribution in [-0.4, -0.2) is 36.6 Å². The van der Waals surface area contributed by atoms with Gasteiger partial charge in [-0.15, -0.1) is 5.10 Å².